The number of benzene rings is 1. The number of nitrogens with zero attached hydrogens (tertiary/aromatic N) is 1. The Kier molecular flexibility index (Phi) is 4.79. The molecular weight excluding hydrogens is 296 g/mol. The van der Waals surface area contributed by atoms with Gasteiger partial charge < -0.3 is 10.1 Å². The predicted octanol–water partition coefficient (Wildman–Crippen LogP) is 1.38. The lowest BCUT2D eigenvalue weighted by Gasteiger charge is -2.22. The summed E-state index contributed by atoms with van der Waals surface area (Å²) >= 11 is 0. The number of hydrogen-bond donors (Lipinski definition) is 1. The molecule has 0 aliphatic carbocycles. The van der Waals surface area contributed by atoms with Gasteiger partial charge in [-0.2, -0.15) is 0 Å². The maximum absolute atomic E-state index is 11.6. The molecule has 1 atom stereocenters. The van der Waals surface area contributed by atoms with Crippen molar-refractivity contribution in [2.24, 2.45) is 5.92 Å². The van der Waals surface area contributed by atoms with Crippen molar-refractivity contribution in [3.05, 3.63) is 28.3 Å². The fourth-order valence-corrected chi connectivity index (χ4v) is 3.22. The van der Waals surface area contributed by atoms with E-state index in [-0.39, 0.29) is 16.6 Å². The van der Waals surface area contributed by atoms with E-state index in [1.165, 1.54) is 18.2 Å². The average Bonchev–Trinajstić information content (AvgIpc) is 2.44. The third-order valence-corrected chi connectivity index (χ3v) is 4.55. The summed E-state index contributed by atoms with van der Waals surface area (Å²) in [5, 5.41) is 14.4. The number of sulfone groups is 1. The van der Waals surface area contributed by atoms with Gasteiger partial charge in [0.1, 0.15) is 4.90 Å². The molecular formula is C13H18N2O5S. The summed E-state index contributed by atoms with van der Waals surface area (Å²) in [4.78, 5) is 10.2. The maximum Gasteiger partial charge on any atom is 0.329 e. The van der Waals surface area contributed by atoms with Gasteiger partial charge in [0, 0.05) is 18.7 Å². The Labute approximate surface area is 123 Å². The first-order valence-electron chi connectivity index (χ1n) is 6.70. The molecule has 1 aromatic rings. The van der Waals surface area contributed by atoms with E-state index in [0.29, 0.717) is 6.61 Å². The van der Waals surface area contributed by atoms with Crippen LogP contribution in [0.1, 0.15) is 12.8 Å². The first kappa shape index (κ1) is 15.7. The van der Waals surface area contributed by atoms with E-state index in [4.69, 9.17) is 4.74 Å². The van der Waals surface area contributed by atoms with Gasteiger partial charge in [-0.1, -0.05) is 6.07 Å². The zero-order valence-corrected chi connectivity index (χ0v) is 12.6. The molecule has 1 saturated heterocycles. The Morgan fingerprint density at radius 3 is 2.81 bits per heavy atom. The molecule has 0 spiro atoms. The molecule has 0 bridgehead atoms. The van der Waals surface area contributed by atoms with Crippen molar-refractivity contribution in [2.45, 2.75) is 17.7 Å². The van der Waals surface area contributed by atoms with Crippen LogP contribution in [0.3, 0.4) is 0 Å². The Hall–Kier alpha value is -1.67. The quantitative estimate of drug-likeness (QED) is 0.651. The molecule has 0 amide bonds. The second kappa shape index (κ2) is 6.40. The molecule has 0 aromatic heterocycles. The molecule has 1 aliphatic rings. The number of nitro groups is 1. The highest BCUT2D eigenvalue weighted by atomic mass is 32.2. The number of nitrogens with one attached hydrogen (secondary N) is 1. The average molecular weight is 314 g/mol. The second-order valence-corrected chi connectivity index (χ2v) is 7.14. The van der Waals surface area contributed by atoms with Crippen molar-refractivity contribution in [1.29, 1.82) is 0 Å². The van der Waals surface area contributed by atoms with Crippen LogP contribution >= 0.6 is 0 Å². The standard InChI is InChI=1S/C13H18N2O5S/c1-21(18,19)12-6-2-5-11(13(12)15(16)17)20-9-10-4-3-7-14-8-10/h2,5-6,10,14H,3-4,7-9H2,1H3. The van der Waals surface area contributed by atoms with Crippen LogP contribution in [-0.4, -0.2) is 39.3 Å². The molecule has 21 heavy (non-hydrogen) atoms. The Balaban J connectivity index is 2.24. The van der Waals surface area contributed by atoms with Crippen molar-refractivity contribution in [3.63, 3.8) is 0 Å². The van der Waals surface area contributed by atoms with Crippen molar-refractivity contribution >= 4 is 15.5 Å². The number of hydrogen-bond acceptors (Lipinski definition) is 6. The topological polar surface area (TPSA) is 98.5 Å². The van der Waals surface area contributed by atoms with E-state index in [0.717, 1.165) is 32.2 Å². The summed E-state index contributed by atoms with van der Waals surface area (Å²) in [6.07, 6.45) is 2.98. The Morgan fingerprint density at radius 2 is 2.24 bits per heavy atom. The molecule has 0 radical (unpaired) electrons. The van der Waals surface area contributed by atoms with Crippen LogP contribution in [0.25, 0.3) is 0 Å². The highest BCUT2D eigenvalue weighted by Gasteiger charge is 2.27. The molecule has 1 aromatic carbocycles. The molecule has 0 saturated carbocycles. The van der Waals surface area contributed by atoms with Gasteiger partial charge >= 0.3 is 5.69 Å². The van der Waals surface area contributed by atoms with Crippen LogP contribution in [0, 0.1) is 16.0 Å². The van der Waals surface area contributed by atoms with E-state index in [9.17, 15) is 18.5 Å². The summed E-state index contributed by atoms with van der Waals surface area (Å²) < 4.78 is 28.8. The minimum absolute atomic E-state index is 0.00787. The molecule has 116 valence electrons. The molecule has 7 nitrogen and oxygen atoms in total. The number of nitro benzene ring substituents is 1. The van der Waals surface area contributed by atoms with Crippen LogP contribution in [0.5, 0.6) is 5.75 Å². The molecule has 1 unspecified atom stereocenters. The summed E-state index contributed by atoms with van der Waals surface area (Å²) in [7, 11) is -3.68. The Morgan fingerprint density at radius 1 is 1.48 bits per heavy atom. The lowest BCUT2D eigenvalue weighted by atomic mass is 10.0. The van der Waals surface area contributed by atoms with Gasteiger partial charge in [0.15, 0.2) is 15.6 Å². The summed E-state index contributed by atoms with van der Waals surface area (Å²) in [6.45, 7) is 2.11. The van der Waals surface area contributed by atoms with Gasteiger partial charge in [0.2, 0.25) is 0 Å². The summed E-state index contributed by atoms with van der Waals surface area (Å²) in [6, 6.07) is 4.11. The van der Waals surface area contributed by atoms with Crippen LogP contribution < -0.4 is 10.1 Å². The number of para-hydroxylation sites is 1. The Bertz CT molecular complexity index is 623. The second-order valence-electron chi connectivity index (χ2n) is 5.16. The monoisotopic (exact) mass is 314 g/mol. The van der Waals surface area contributed by atoms with Crippen molar-refractivity contribution in [2.75, 3.05) is 26.0 Å². The summed E-state index contributed by atoms with van der Waals surface area (Å²) in [5.74, 6) is 0.286. The number of ether oxygens (including phenoxy) is 1. The first-order valence-corrected chi connectivity index (χ1v) is 8.59. The van der Waals surface area contributed by atoms with Crippen LogP contribution in [0.2, 0.25) is 0 Å². The van der Waals surface area contributed by atoms with Crippen LogP contribution in [0.4, 0.5) is 5.69 Å². The van der Waals surface area contributed by atoms with E-state index in [1.807, 2.05) is 0 Å². The minimum atomic E-state index is -3.68. The minimum Gasteiger partial charge on any atom is -0.486 e. The lowest BCUT2D eigenvalue weighted by Crippen LogP contribution is -2.33. The van der Waals surface area contributed by atoms with Gasteiger partial charge in [0.25, 0.3) is 0 Å². The molecule has 2 rings (SSSR count). The van der Waals surface area contributed by atoms with Crippen molar-refractivity contribution in [3.8, 4) is 5.75 Å². The van der Waals surface area contributed by atoms with Crippen molar-refractivity contribution < 1.29 is 18.1 Å². The van der Waals surface area contributed by atoms with Crippen molar-refractivity contribution in [1.82, 2.24) is 5.32 Å². The fraction of sp³-hybridized carbons (Fsp3) is 0.538. The zero-order valence-electron chi connectivity index (χ0n) is 11.7. The third-order valence-electron chi connectivity index (χ3n) is 3.42. The normalized spacial score (nSPS) is 19.2. The van der Waals surface area contributed by atoms with Gasteiger partial charge in [-0.15, -0.1) is 0 Å². The molecule has 1 heterocycles. The van der Waals surface area contributed by atoms with Gasteiger partial charge in [-0.3, -0.25) is 10.1 Å². The largest absolute Gasteiger partial charge is 0.486 e. The van der Waals surface area contributed by atoms with Crippen LogP contribution in [0.15, 0.2) is 23.1 Å². The van der Waals surface area contributed by atoms with E-state index in [2.05, 4.69) is 5.32 Å². The van der Waals surface area contributed by atoms with Gasteiger partial charge in [-0.05, 0) is 31.5 Å². The van der Waals surface area contributed by atoms with E-state index >= 15 is 0 Å². The number of piperidine rings is 1. The van der Waals surface area contributed by atoms with E-state index in [1.54, 1.807) is 0 Å². The van der Waals surface area contributed by atoms with E-state index < -0.39 is 20.4 Å². The fourth-order valence-electron chi connectivity index (χ4n) is 2.37. The predicted molar refractivity (Wildman–Crippen MR) is 77.3 cm³/mol. The van der Waals surface area contributed by atoms with Crippen LogP contribution in [-0.2, 0) is 9.84 Å². The highest BCUT2D eigenvalue weighted by molar-refractivity contribution is 7.90. The molecule has 1 N–H and O–H groups in total. The molecule has 8 heteroatoms. The zero-order chi connectivity index (χ0) is 15.5. The third kappa shape index (κ3) is 3.92. The number of rotatable bonds is 5. The lowest BCUT2D eigenvalue weighted by molar-refractivity contribution is -0.388. The molecule has 1 fully saturated rings. The SMILES string of the molecule is CS(=O)(=O)c1cccc(OCC2CCCNC2)c1[N+](=O)[O-]. The maximum atomic E-state index is 11.6. The van der Waals surface area contributed by atoms with Gasteiger partial charge in [-0.25, -0.2) is 8.42 Å². The molecule has 1 aliphatic heterocycles. The van der Waals surface area contributed by atoms with Gasteiger partial charge in [0.05, 0.1) is 11.5 Å². The smallest absolute Gasteiger partial charge is 0.329 e. The highest BCUT2D eigenvalue weighted by Crippen LogP contribution is 2.34. The summed E-state index contributed by atoms with van der Waals surface area (Å²) in [5.41, 5.74) is -0.483. The first-order chi connectivity index (χ1) is 9.89.